The highest BCUT2D eigenvalue weighted by Crippen LogP contribution is 2.35. The maximum Gasteiger partial charge on any atom is 0.239 e. The normalized spacial score (nSPS) is 25.7. The maximum absolute atomic E-state index is 12.5. The molecule has 0 aromatic heterocycles. The Bertz CT molecular complexity index is 513. The molecular weight excluding hydrogens is 278 g/mol. The number of carbonyl (C=O) groups excluding carboxylic acids is 1. The van der Waals surface area contributed by atoms with Crippen LogP contribution in [0.25, 0.3) is 0 Å². The summed E-state index contributed by atoms with van der Waals surface area (Å²) in [6.07, 6.45) is 4.33. The van der Waals surface area contributed by atoms with E-state index in [9.17, 15) is 4.79 Å². The number of hydrogen-bond donors (Lipinski definition) is 3. The average Bonchev–Trinajstić information content (AvgIpc) is 3.29. The quantitative estimate of drug-likeness (QED) is 0.751. The number of rotatable bonds is 6. The molecule has 1 saturated carbocycles. The molecule has 2 aliphatic rings. The fourth-order valence-electron chi connectivity index (χ4n) is 3.09. The first-order valence-electron chi connectivity index (χ1n) is 8.16. The van der Waals surface area contributed by atoms with Gasteiger partial charge in [0.05, 0.1) is 13.2 Å². The zero-order chi connectivity index (χ0) is 15.5. The lowest BCUT2D eigenvalue weighted by atomic mass is 10.0. The van der Waals surface area contributed by atoms with E-state index in [-0.39, 0.29) is 18.0 Å². The number of carbonyl (C=O) groups is 1. The smallest absolute Gasteiger partial charge is 0.239 e. The second-order valence-corrected chi connectivity index (χ2v) is 6.26. The molecule has 0 radical (unpaired) electrons. The van der Waals surface area contributed by atoms with E-state index in [1.165, 1.54) is 12.8 Å². The van der Waals surface area contributed by atoms with Crippen LogP contribution >= 0.6 is 0 Å². The van der Waals surface area contributed by atoms with Gasteiger partial charge in [-0.25, -0.2) is 5.43 Å². The van der Waals surface area contributed by atoms with Gasteiger partial charge in [0, 0.05) is 6.04 Å². The Morgan fingerprint density at radius 3 is 2.64 bits per heavy atom. The van der Waals surface area contributed by atoms with E-state index < -0.39 is 0 Å². The molecule has 1 heterocycles. The van der Waals surface area contributed by atoms with Crippen molar-refractivity contribution < 1.29 is 9.53 Å². The standard InChI is InChI=1S/C17H25N3O2/c1-3-14(11-6-8-13(22-2)9-7-11)18-17(21)16-10-15(19-20-16)12-4-5-12/h6-9,12,14-16,19-20H,3-5,10H2,1-2H3,(H,18,21). The summed E-state index contributed by atoms with van der Waals surface area (Å²) >= 11 is 0. The number of ether oxygens (including phenoxy) is 1. The summed E-state index contributed by atoms with van der Waals surface area (Å²) in [4.78, 5) is 12.5. The number of methoxy groups -OCH3 is 1. The molecule has 1 aromatic rings. The average molecular weight is 303 g/mol. The van der Waals surface area contributed by atoms with E-state index in [4.69, 9.17) is 4.74 Å². The Morgan fingerprint density at radius 1 is 1.32 bits per heavy atom. The Kier molecular flexibility index (Phi) is 4.64. The van der Waals surface area contributed by atoms with Gasteiger partial charge in [-0.15, -0.1) is 0 Å². The van der Waals surface area contributed by atoms with Crippen molar-refractivity contribution in [3.05, 3.63) is 29.8 Å². The second kappa shape index (κ2) is 6.67. The Hall–Kier alpha value is -1.59. The molecule has 1 aromatic carbocycles. The van der Waals surface area contributed by atoms with Crippen molar-refractivity contribution in [2.45, 2.75) is 50.7 Å². The predicted octanol–water partition coefficient (Wildman–Crippen LogP) is 1.91. The molecule has 3 atom stereocenters. The topological polar surface area (TPSA) is 62.4 Å². The van der Waals surface area contributed by atoms with Gasteiger partial charge in [0.2, 0.25) is 5.91 Å². The van der Waals surface area contributed by atoms with Crippen LogP contribution in [0.4, 0.5) is 0 Å². The number of hydrazine groups is 1. The van der Waals surface area contributed by atoms with E-state index in [0.29, 0.717) is 6.04 Å². The van der Waals surface area contributed by atoms with Crippen molar-refractivity contribution in [2.24, 2.45) is 5.92 Å². The fraction of sp³-hybridized carbons (Fsp3) is 0.588. The van der Waals surface area contributed by atoms with E-state index >= 15 is 0 Å². The highest BCUT2D eigenvalue weighted by molar-refractivity contribution is 5.82. The van der Waals surface area contributed by atoms with Crippen LogP contribution in [0, 0.1) is 5.92 Å². The fourth-order valence-corrected chi connectivity index (χ4v) is 3.09. The van der Waals surface area contributed by atoms with Crippen LogP contribution in [0.3, 0.4) is 0 Å². The maximum atomic E-state index is 12.5. The van der Waals surface area contributed by atoms with Crippen LogP contribution in [0.15, 0.2) is 24.3 Å². The third kappa shape index (κ3) is 3.42. The summed E-state index contributed by atoms with van der Waals surface area (Å²) in [5.74, 6) is 1.67. The molecule has 1 saturated heterocycles. The molecule has 5 nitrogen and oxygen atoms in total. The Balaban J connectivity index is 1.58. The number of benzene rings is 1. The third-order valence-corrected chi connectivity index (χ3v) is 4.68. The van der Waals surface area contributed by atoms with Crippen LogP contribution in [0.1, 0.15) is 44.2 Å². The van der Waals surface area contributed by atoms with Crippen LogP contribution in [-0.4, -0.2) is 25.1 Å². The van der Waals surface area contributed by atoms with Crippen LogP contribution < -0.4 is 20.9 Å². The lowest BCUT2D eigenvalue weighted by Crippen LogP contribution is -2.44. The highest BCUT2D eigenvalue weighted by Gasteiger charge is 2.39. The van der Waals surface area contributed by atoms with Gasteiger partial charge in [-0.05, 0) is 49.3 Å². The van der Waals surface area contributed by atoms with Crippen LogP contribution in [-0.2, 0) is 4.79 Å². The van der Waals surface area contributed by atoms with E-state index in [1.54, 1.807) is 7.11 Å². The minimum absolute atomic E-state index is 0.0418. The van der Waals surface area contributed by atoms with Gasteiger partial charge in [-0.2, -0.15) is 0 Å². The zero-order valence-electron chi connectivity index (χ0n) is 13.3. The first kappa shape index (κ1) is 15.3. The summed E-state index contributed by atoms with van der Waals surface area (Å²) < 4.78 is 5.18. The minimum Gasteiger partial charge on any atom is -0.497 e. The zero-order valence-corrected chi connectivity index (χ0v) is 13.3. The SMILES string of the molecule is CCC(NC(=O)C1CC(C2CC2)NN1)c1ccc(OC)cc1. The van der Waals surface area contributed by atoms with Crippen molar-refractivity contribution in [2.75, 3.05) is 7.11 Å². The lowest BCUT2D eigenvalue weighted by Gasteiger charge is -2.20. The first-order chi connectivity index (χ1) is 10.7. The molecule has 22 heavy (non-hydrogen) atoms. The predicted molar refractivity (Wildman–Crippen MR) is 85.4 cm³/mol. The van der Waals surface area contributed by atoms with Crippen LogP contribution in [0.2, 0.25) is 0 Å². The summed E-state index contributed by atoms with van der Waals surface area (Å²) in [5, 5.41) is 3.16. The van der Waals surface area contributed by atoms with E-state index in [1.807, 2.05) is 24.3 Å². The summed E-state index contributed by atoms with van der Waals surface area (Å²) in [6.45, 7) is 2.09. The van der Waals surface area contributed by atoms with Crippen LogP contribution in [0.5, 0.6) is 5.75 Å². The first-order valence-corrected chi connectivity index (χ1v) is 8.16. The summed E-state index contributed by atoms with van der Waals surface area (Å²) in [7, 11) is 1.66. The molecule has 3 unspecified atom stereocenters. The summed E-state index contributed by atoms with van der Waals surface area (Å²) in [5.41, 5.74) is 7.53. The molecule has 2 fully saturated rings. The Morgan fingerprint density at radius 2 is 2.05 bits per heavy atom. The second-order valence-electron chi connectivity index (χ2n) is 6.26. The Labute approximate surface area is 131 Å². The monoisotopic (exact) mass is 303 g/mol. The van der Waals surface area contributed by atoms with Crippen molar-refractivity contribution in [3.8, 4) is 5.75 Å². The minimum atomic E-state index is -0.127. The number of nitrogens with one attached hydrogen (secondary N) is 3. The van der Waals surface area contributed by atoms with E-state index in [2.05, 4.69) is 23.1 Å². The summed E-state index contributed by atoms with van der Waals surface area (Å²) in [6, 6.07) is 8.27. The van der Waals surface area contributed by atoms with Gasteiger partial charge in [0.15, 0.2) is 0 Å². The molecule has 0 spiro atoms. The van der Waals surface area contributed by atoms with Gasteiger partial charge in [-0.1, -0.05) is 19.1 Å². The molecule has 0 bridgehead atoms. The van der Waals surface area contributed by atoms with Crippen molar-refractivity contribution in [1.82, 2.24) is 16.2 Å². The number of hydrogen-bond acceptors (Lipinski definition) is 4. The lowest BCUT2D eigenvalue weighted by molar-refractivity contribution is -0.123. The third-order valence-electron chi connectivity index (χ3n) is 4.68. The molecule has 1 amide bonds. The number of amides is 1. The molecule has 3 N–H and O–H groups in total. The molecule has 3 rings (SSSR count). The largest absolute Gasteiger partial charge is 0.497 e. The van der Waals surface area contributed by atoms with Crippen molar-refractivity contribution >= 4 is 5.91 Å². The highest BCUT2D eigenvalue weighted by atomic mass is 16.5. The van der Waals surface area contributed by atoms with Gasteiger partial charge in [0.1, 0.15) is 11.8 Å². The molecule has 1 aliphatic carbocycles. The van der Waals surface area contributed by atoms with Crippen molar-refractivity contribution in [1.29, 1.82) is 0 Å². The van der Waals surface area contributed by atoms with Gasteiger partial charge in [-0.3, -0.25) is 10.2 Å². The molecule has 5 heteroatoms. The van der Waals surface area contributed by atoms with Gasteiger partial charge in [0.25, 0.3) is 0 Å². The van der Waals surface area contributed by atoms with Gasteiger partial charge < -0.3 is 10.1 Å². The molecular formula is C17H25N3O2. The van der Waals surface area contributed by atoms with Crippen molar-refractivity contribution in [3.63, 3.8) is 0 Å². The molecule has 120 valence electrons. The molecule has 1 aliphatic heterocycles. The van der Waals surface area contributed by atoms with E-state index in [0.717, 1.165) is 30.1 Å². The van der Waals surface area contributed by atoms with Gasteiger partial charge >= 0.3 is 0 Å².